The molecule has 1 aromatic carbocycles. The van der Waals surface area contributed by atoms with E-state index >= 15 is 0 Å². The minimum atomic E-state index is -0.782. The first kappa shape index (κ1) is 11.9. The average molecular weight is 259 g/mol. The van der Waals surface area contributed by atoms with Gasteiger partial charge in [0, 0.05) is 0 Å². The van der Waals surface area contributed by atoms with E-state index in [0.717, 1.165) is 17.7 Å². The van der Waals surface area contributed by atoms with E-state index in [0.29, 0.717) is 24.2 Å². The molecule has 2 amide bonds. The smallest absolute Gasteiger partial charge is 0.329 e. The van der Waals surface area contributed by atoms with Gasteiger partial charge in [-0.25, -0.2) is 4.79 Å². The van der Waals surface area contributed by atoms with Crippen molar-refractivity contribution in [3.05, 3.63) is 35.4 Å². The van der Waals surface area contributed by atoms with Crippen LogP contribution in [-0.4, -0.2) is 35.3 Å². The molecule has 1 aromatic rings. The Hall–Kier alpha value is -2.17. The minimum Gasteiger partial charge on any atom is -0.464 e. The first-order valence-electron chi connectivity index (χ1n) is 6.33. The van der Waals surface area contributed by atoms with Gasteiger partial charge in [0.05, 0.1) is 17.7 Å². The molecule has 0 unspecified atom stereocenters. The van der Waals surface area contributed by atoms with Crippen LogP contribution in [0.15, 0.2) is 24.3 Å². The summed E-state index contributed by atoms with van der Waals surface area (Å²) in [5.74, 6) is -1.28. The fourth-order valence-electron chi connectivity index (χ4n) is 2.55. The highest BCUT2D eigenvalue weighted by atomic mass is 16.5. The summed E-state index contributed by atoms with van der Waals surface area (Å²) in [6.07, 6.45) is 2.01. The van der Waals surface area contributed by atoms with Gasteiger partial charge in [-0.3, -0.25) is 14.5 Å². The highest BCUT2D eigenvalue weighted by Crippen LogP contribution is 2.27. The van der Waals surface area contributed by atoms with Crippen LogP contribution in [0, 0.1) is 0 Å². The van der Waals surface area contributed by atoms with Crippen molar-refractivity contribution in [3.63, 3.8) is 0 Å². The van der Waals surface area contributed by atoms with Crippen LogP contribution in [0.25, 0.3) is 0 Å². The summed E-state index contributed by atoms with van der Waals surface area (Å²) in [6, 6.07) is 5.85. The van der Waals surface area contributed by atoms with E-state index in [1.54, 1.807) is 24.3 Å². The van der Waals surface area contributed by atoms with Crippen molar-refractivity contribution in [1.82, 2.24) is 4.90 Å². The van der Waals surface area contributed by atoms with E-state index < -0.39 is 23.8 Å². The molecule has 0 bridgehead atoms. The molecule has 1 saturated heterocycles. The van der Waals surface area contributed by atoms with Gasteiger partial charge in [0.1, 0.15) is 6.04 Å². The normalized spacial score (nSPS) is 23.1. The van der Waals surface area contributed by atoms with Gasteiger partial charge in [-0.1, -0.05) is 12.1 Å². The van der Waals surface area contributed by atoms with E-state index in [9.17, 15) is 14.4 Å². The summed E-state index contributed by atoms with van der Waals surface area (Å²) < 4.78 is 5.04. The molecule has 2 aliphatic heterocycles. The molecule has 0 N–H and O–H groups in total. The number of hydrogen-bond donors (Lipinski definition) is 0. The van der Waals surface area contributed by atoms with Crippen LogP contribution in [0.3, 0.4) is 0 Å². The van der Waals surface area contributed by atoms with Crippen molar-refractivity contribution in [1.29, 1.82) is 0 Å². The largest absolute Gasteiger partial charge is 0.464 e. The second kappa shape index (κ2) is 4.50. The Balaban J connectivity index is 1.97. The van der Waals surface area contributed by atoms with Gasteiger partial charge in [-0.05, 0) is 31.4 Å². The molecule has 98 valence electrons. The molecule has 5 heteroatoms. The lowest BCUT2D eigenvalue weighted by Crippen LogP contribution is -2.45. The zero-order valence-electron chi connectivity index (χ0n) is 10.3. The van der Waals surface area contributed by atoms with Crippen molar-refractivity contribution in [2.45, 2.75) is 25.3 Å². The summed E-state index contributed by atoms with van der Waals surface area (Å²) in [5.41, 5.74) is 0.731. The van der Waals surface area contributed by atoms with Crippen LogP contribution >= 0.6 is 0 Å². The molecular weight excluding hydrogens is 246 g/mol. The molecule has 2 aliphatic rings. The Bertz CT molecular complexity index is 531. The Morgan fingerprint density at radius 1 is 1.00 bits per heavy atom. The highest BCUT2D eigenvalue weighted by Gasteiger charge is 2.43. The number of nitrogens with zero attached hydrogens (tertiary/aromatic N) is 1. The number of fused-ring (bicyclic) bond motifs is 1. The third-order valence-corrected chi connectivity index (χ3v) is 3.53. The molecule has 0 radical (unpaired) electrons. The molecule has 0 aromatic heterocycles. The number of hydrogen-bond acceptors (Lipinski definition) is 4. The Morgan fingerprint density at radius 3 is 2.26 bits per heavy atom. The SMILES string of the molecule is O=C1OCCCC[C@@H]1N1C(=O)c2ccccc2C1=O. The molecule has 5 nitrogen and oxygen atoms in total. The first-order chi connectivity index (χ1) is 9.20. The predicted molar refractivity (Wildman–Crippen MR) is 65.5 cm³/mol. The van der Waals surface area contributed by atoms with Gasteiger partial charge in [-0.2, -0.15) is 0 Å². The van der Waals surface area contributed by atoms with Crippen LogP contribution < -0.4 is 0 Å². The summed E-state index contributed by atoms with van der Waals surface area (Å²) in [7, 11) is 0. The molecule has 19 heavy (non-hydrogen) atoms. The van der Waals surface area contributed by atoms with E-state index in [1.807, 2.05) is 0 Å². The van der Waals surface area contributed by atoms with Crippen LogP contribution in [0.1, 0.15) is 40.0 Å². The predicted octanol–water partition coefficient (Wildman–Crippen LogP) is 1.38. The third kappa shape index (κ3) is 1.82. The number of cyclic esters (lactones) is 1. The van der Waals surface area contributed by atoms with Crippen LogP contribution in [0.4, 0.5) is 0 Å². The van der Waals surface area contributed by atoms with E-state index in [2.05, 4.69) is 0 Å². The number of benzene rings is 1. The molecule has 1 fully saturated rings. The summed E-state index contributed by atoms with van der Waals surface area (Å²) in [4.78, 5) is 37.5. The molecule has 0 saturated carbocycles. The highest BCUT2D eigenvalue weighted by molar-refractivity contribution is 6.22. The maximum atomic E-state index is 12.3. The summed E-state index contributed by atoms with van der Waals surface area (Å²) >= 11 is 0. The molecular formula is C14H13NO4. The maximum absolute atomic E-state index is 12.3. The van der Waals surface area contributed by atoms with Gasteiger partial charge < -0.3 is 4.74 Å². The number of carbonyl (C=O) groups is 3. The third-order valence-electron chi connectivity index (χ3n) is 3.53. The van der Waals surface area contributed by atoms with E-state index in [-0.39, 0.29) is 0 Å². The van der Waals surface area contributed by atoms with Crippen LogP contribution in [0.5, 0.6) is 0 Å². The fourth-order valence-corrected chi connectivity index (χ4v) is 2.55. The second-order valence-corrected chi connectivity index (χ2v) is 4.70. The lowest BCUT2D eigenvalue weighted by molar-refractivity contribution is -0.147. The van der Waals surface area contributed by atoms with Gasteiger partial charge in [0.15, 0.2) is 0 Å². The van der Waals surface area contributed by atoms with Gasteiger partial charge in [0.2, 0.25) is 0 Å². The Morgan fingerprint density at radius 2 is 1.63 bits per heavy atom. The number of esters is 1. The van der Waals surface area contributed by atoms with Crippen molar-refractivity contribution < 1.29 is 19.1 Å². The van der Waals surface area contributed by atoms with Crippen molar-refractivity contribution in [3.8, 4) is 0 Å². The van der Waals surface area contributed by atoms with Crippen LogP contribution in [0.2, 0.25) is 0 Å². The fraction of sp³-hybridized carbons (Fsp3) is 0.357. The standard InChI is InChI=1S/C14H13NO4/c16-12-9-5-1-2-6-10(9)13(17)15(12)11-7-3-4-8-19-14(11)18/h1-2,5-6,11H,3-4,7-8H2/t11-/m0/s1. The Labute approximate surface area is 110 Å². The van der Waals surface area contributed by atoms with Gasteiger partial charge in [-0.15, -0.1) is 0 Å². The topological polar surface area (TPSA) is 63.7 Å². The first-order valence-corrected chi connectivity index (χ1v) is 6.33. The number of rotatable bonds is 1. The van der Waals surface area contributed by atoms with Crippen molar-refractivity contribution >= 4 is 17.8 Å². The number of carbonyl (C=O) groups excluding carboxylic acids is 3. The molecule has 3 rings (SSSR count). The number of imide groups is 1. The monoisotopic (exact) mass is 259 g/mol. The molecule has 2 heterocycles. The van der Waals surface area contributed by atoms with Crippen molar-refractivity contribution in [2.24, 2.45) is 0 Å². The number of ether oxygens (including phenoxy) is 1. The van der Waals surface area contributed by atoms with Crippen molar-refractivity contribution in [2.75, 3.05) is 6.61 Å². The maximum Gasteiger partial charge on any atom is 0.329 e. The summed E-state index contributed by atoms with van der Waals surface area (Å²) in [6.45, 7) is 0.360. The quantitative estimate of drug-likeness (QED) is 0.564. The zero-order chi connectivity index (χ0) is 13.4. The minimum absolute atomic E-state index is 0.360. The molecule has 1 atom stereocenters. The second-order valence-electron chi connectivity index (χ2n) is 4.70. The molecule has 0 spiro atoms. The van der Waals surface area contributed by atoms with E-state index in [4.69, 9.17) is 4.74 Å². The zero-order valence-corrected chi connectivity index (χ0v) is 10.3. The summed E-state index contributed by atoms with van der Waals surface area (Å²) in [5, 5.41) is 0. The number of amides is 2. The lowest BCUT2D eigenvalue weighted by atomic mass is 10.1. The van der Waals surface area contributed by atoms with Gasteiger partial charge in [0.25, 0.3) is 11.8 Å². The Kier molecular flexibility index (Phi) is 2.81. The lowest BCUT2D eigenvalue weighted by Gasteiger charge is -2.22. The molecule has 0 aliphatic carbocycles. The van der Waals surface area contributed by atoms with Crippen LogP contribution in [-0.2, 0) is 9.53 Å². The van der Waals surface area contributed by atoms with E-state index in [1.165, 1.54) is 0 Å². The average Bonchev–Trinajstić information content (AvgIpc) is 2.57. The van der Waals surface area contributed by atoms with Gasteiger partial charge >= 0.3 is 5.97 Å².